The Morgan fingerprint density at radius 3 is 2.08 bits per heavy atom. The number of phenolic OH excluding ortho intramolecular Hbond substituents is 2. The fraction of sp³-hybridized carbons (Fsp3) is 0.273. The van der Waals surface area contributed by atoms with E-state index in [0.29, 0.717) is 11.5 Å². The lowest BCUT2D eigenvalue weighted by molar-refractivity contribution is 0.467. The molecule has 0 fully saturated rings. The van der Waals surface area contributed by atoms with Gasteiger partial charge in [0, 0.05) is 0 Å². The van der Waals surface area contributed by atoms with E-state index in [1.54, 1.807) is 12.1 Å². The predicted octanol–water partition coefficient (Wildman–Crippen LogP) is 5.70. The van der Waals surface area contributed by atoms with Crippen LogP contribution in [0.15, 0.2) is 54.6 Å². The van der Waals surface area contributed by atoms with E-state index in [1.165, 1.54) is 16.7 Å². The third-order valence-electron chi connectivity index (χ3n) is 4.64. The number of aromatic hydroxyl groups is 2. The van der Waals surface area contributed by atoms with Crippen molar-refractivity contribution in [1.29, 1.82) is 0 Å². The summed E-state index contributed by atoms with van der Waals surface area (Å²) in [7, 11) is 0. The molecule has 0 aromatic heterocycles. The molecule has 0 heterocycles. The molecule has 2 aromatic rings. The molecule has 0 spiro atoms. The standard InChI is InChI=1S/C22H24O2/c1-2-3-4-20-15-19(11-14-22(20)24)18-7-5-16(6-8-18)17-9-12-21(23)13-10-17/h5,7,9-15,23-24H,2-4,6,8H2,1H3. The highest BCUT2D eigenvalue weighted by molar-refractivity contribution is 5.78. The van der Waals surface area contributed by atoms with Crippen molar-refractivity contribution in [2.45, 2.75) is 39.0 Å². The minimum Gasteiger partial charge on any atom is -0.508 e. The number of aryl methyl sites for hydroxylation is 1. The second-order valence-electron chi connectivity index (χ2n) is 6.38. The van der Waals surface area contributed by atoms with Crippen LogP contribution in [-0.2, 0) is 6.42 Å². The maximum Gasteiger partial charge on any atom is 0.118 e. The van der Waals surface area contributed by atoms with E-state index < -0.39 is 0 Å². The van der Waals surface area contributed by atoms with Gasteiger partial charge in [-0.3, -0.25) is 0 Å². The Morgan fingerprint density at radius 2 is 1.46 bits per heavy atom. The Kier molecular flexibility index (Phi) is 5.05. The fourth-order valence-corrected chi connectivity index (χ4v) is 3.15. The molecule has 1 aliphatic rings. The van der Waals surface area contributed by atoms with Crippen molar-refractivity contribution < 1.29 is 10.2 Å². The average molecular weight is 320 g/mol. The van der Waals surface area contributed by atoms with Gasteiger partial charge >= 0.3 is 0 Å². The van der Waals surface area contributed by atoms with Crippen molar-refractivity contribution >= 4 is 11.1 Å². The lowest BCUT2D eigenvalue weighted by Crippen LogP contribution is -1.95. The molecular weight excluding hydrogens is 296 g/mol. The van der Waals surface area contributed by atoms with Gasteiger partial charge in [-0.25, -0.2) is 0 Å². The van der Waals surface area contributed by atoms with Gasteiger partial charge < -0.3 is 10.2 Å². The molecule has 1 aliphatic carbocycles. The zero-order valence-corrected chi connectivity index (χ0v) is 14.1. The minimum atomic E-state index is 0.301. The molecule has 124 valence electrons. The van der Waals surface area contributed by atoms with E-state index in [4.69, 9.17) is 0 Å². The second-order valence-corrected chi connectivity index (χ2v) is 6.38. The molecule has 0 bridgehead atoms. The first kappa shape index (κ1) is 16.4. The Morgan fingerprint density at radius 1 is 0.833 bits per heavy atom. The zero-order chi connectivity index (χ0) is 16.9. The van der Waals surface area contributed by atoms with Gasteiger partial charge in [0.2, 0.25) is 0 Å². The normalized spacial score (nSPS) is 14.2. The molecule has 0 aliphatic heterocycles. The van der Waals surface area contributed by atoms with E-state index in [-0.39, 0.29) is 0 Å². The van der Waals surface area contributed by atoms with Crippen molar-refractivity contribution in [3.63, 3.8) is 0 Å². The maximum absolute atomic E-state index is 10.0. The molecule has 0 amide bonds. The molecule has 0 atom stereocenters. The molecule has 2 N–H and O–H groups in total. The highest BCUT2D eigenvalue weighted by Crippen LogP contribution is 2.33. The van der Waals surface area contributed by atoms with Crippen molar-refractivity contribution in [1.82, 2.24) is 0 Å². The molecule has 0 saturated carbocycles. The van der Waals surface area contributed by atoms with Crippen LogP contribution in [0.3, 0.4) is 0 Å². The van der Waals surface area contributed by atoms with Crippen LogP contribution in [0.25, 0.3) is 11.1 Å². The summed E-state index contributed by atoms with van der Waals surface area (Å²) in [5, 5.41) is 19.4. The summed E-state index contributed by atoms with van der Waals surface area (Å²) in [5.41, 5.74) is 6.03. The number of unbranched alkanes of at least 4 members (excludes halogenated alkanes) is 1. The van der Waals surface area contributed by atoms with Gasteiger partial charge in [0.15, 0.2) is 0 Å². The highest BCUT2D eigenvalue weighted by atomic mass is 16.3. The molecule has 3 rings (SSSR count). The van der Waals surface area contributed by atoms with Crippen LogP contribution in [0.4, 0.5) is 0 Å². The topological polar surface area (TPSA) is 40.5 Å². The summed E-state index contributed by atoms with van der Waals surface area (Å²) < 4.78 is 0. The van der Waals surface area contributed by atoms with Gasteiger partial charge in [0.1, 0.15) is 11.5 Å². The molecular formula is C22H24O2. The number of phenols is 2. The van der Waals surface area contributed by atoms with Crippen LogP contribution in [0.2, 0.25) is 0 Å². The van der Waals surface area contributed by atoms with Crippen LogP contribution >= 0.6 is 0 Å². The van der Waals surface area contributed by atoms with Gasteiger partial charge in [0.05, 0.1) is 0 Å². The van der Waals surface area contributed by atoms with Crippen molar-refractivity contribution in [3.8, 4) is 11.5 Å². The first-order chi connectivity index (χ1) is 11.7. The summed E-state index contributed by atoms with van der Waals surface area (Å²) >= 11 is 0. The van der Waals surface area contributed by atoms with Gasteiger partial charge in [0.25, 0.3) is 0 Å². The molecule has 24 heavy (non-hydrogen) atoms. The number of benzene rings is 2. The molecule has 0 unspecified atom stereocenters. The summed E-state index contributed by atoms with van der Waals surface area (Å²) in [4.78, 5) is 0. The van der Waals surface area contributed by atoms with Crippen LogP contribution in [0.1, 0.15) is 49.3 Å². The number of allylic oxidation sites excluding steroid dienone is 4. The monoisotopic (exact) mass is 320 g/mol. The first-order valence-electron chi connectivity index (χ1n) is 8.69. The largest absolute Gasteiger partial charge is 0.508 e. The van der Waals surface area contributed by atoms with Gasteiger partial charge in [-0.05, 0) is 77.8 Å². The molecule has 2 heteroatoms. The molecule has 2 aromatic carbocycles. The van der Waals surface area contributed by atoms with E-state index in [1.807, 2.05) is 24.3 Å². The third-order valence-corrected chi connectivity index (χ3v) is 4.64. The summed E-state index contributed by atoms with van der Waals surface area (Å²) in [5.74, 6) is 0.707. The Hall–Kier alpha value is -2.48. The third kappa shape index (κ3) is 3.70. The first-order valence-corrected chi connectivity index (χ1v) is 8.69. The lowest BCUT2D eigenvalue weighted by atomic mass is 9.89. The van der Waals surface area contributed by atoms with Crippen molar-refractivity contribution in [3.05, 3.63) is 71.3 Å². The smallest absolute Gasteiger partial charge is 0.118 e. The molecule has 2 nitrogen and oxygen atoms in total. The fourth-order valence-electron chi connectivity index (χ4n) is 3.15. The van der Waals surface area contributed by atoms with Crippen molar-refractivity contribution in [2.75, 3.05) is 0 Å². The van der Waals surface area contributed by atoms with Gasteiger partial charge in [-0.1, -0.05) is 43.7 Å². The lowest BCUT2D eigenvalue weighted by Gasteiger charge is -2.16. The number of hydrogen-bond donors (Lipinski definition) is 2. The summed E-state index contributed by atoms with van der Waals surface area (Å²) in [6, 6.07) is 13.4. The van der Waals surface area contributed by atoms with Crippen LogP contribution in [-0.4, -0.2) is 10.2 Å². The second kappa shape index (κ2) is 7.39. The van der Waals surface area contributed by atoms with E-state index in [2.05, 4.69) is 25.1 Å². The minimum absolute atomic E-state index is 0.301. The number of hydrogen-bond acceptors (Lipinski definition) is 2. The summed E-state index contributed by atoms with van der Waals surface area (Å²) in [6.07, 6.45) is 9.49. The van der Waals surface area contributed by atoms with E-state index in [9.17, 15) is 10.2 Å². The van der Waals surface area contributed by atoms with Gasteiger partial charge in [-0.15, -0.1) is 0 Å². The van der Waals surface area contributed by atoms with E-state index in [0.717, 1.165) is 43.2 Å². The maximum atomic E-state index is 10.0. The Labute approximate surface area is 143 Å². The zero-order valence-electron chi connectivity index (χ0n) is 14.1. The molecule has 0 saturated heterocycles. The van der Waals surface area contributed by atoms with Crippen LogP contribution in [0.5, 0.6) is 11.5 Å². The van der Waals surface area contributed by atoms with Crippen LogP contribution in [0, 0.1) is 0 Å². The number of rotatable bonds is 5. The Bertz CT molecular complexity index is 767. The van der Waals surface area contributed by atoms with Gasteiger partial charge in [-0.2, -0.15) is 0 Å². The quantitative estimate of drug-likeness (QED) is 0.741. The SMILES string of the molecule is CCCCc1cc(C2=CC=C(c3ccc(O)cc3)CC2)ccc1O. The average Bonchev–Trinajstić information content (AvgIpc) is 2.62. The van der Waals surface area contributed by atoms with Crippen LogP contribution < -0.4 is 0 Å². The summed E-state index contributed by atoms with van der Waals surface area (Å²) in [6.45, 7) is 2.17. The predicted molar refractivity (Wildman–Crippen MR) is 100 cm³/mol. The Balaban J connectivity index is 1.82. The van der Waals surface area contributed by atoms with Crippen molar-refractivity contribution in [2.24, 2.45) is 0 Å². The highest BCUT2D eigenvalue weighted by Gasteiger charge is 2.12. The van der Waals surface area contributed by atoms with E-state index >= 15 is 0 Å². The molecule has 0 radical (unpaired) electrons.